The summed E-state index contributed by atoms with van der Waals surface area (Å²) in [5, 5.41) is 3.05. The van der Waals surface area contributed by atoms with Gasteiger partial charge in [-0.15, -0.1) is 0 Å². The lowest BCUT2D eigenvalue weighted by molar-refractivity contribution is -0.126. The molecule has 23 heavy (non-hydrogen) atoms. The average molecular weight is 338 g/mol. The van der Waals surface area contributed by atoms with E-state index in [9.17, 15) is 13.2 Å². The molecule has 1 aromatic rings. The Bertz CT molecular complexity index is 632. The number of aryl methyl sites for hydroxylation is 1. The predicted octanol–water partition coefficient (Wildman–Crippen LogP) is 2.23. The van der Waals surface area contributed by atoms with Crippen LogP contribution in [-0.2, 0) is 14.8 Å². The van der Waals surface area contributed by atoms with Gasteiger partial charge in [0.25, 0.3) is 0 Å². The first-order chi connectivity index (χ1) is 10.8. The van der Waals surface area contributed by atoms with Crippen LogP contribution in [-0.4, -0.2) is 37.5 Å². The molecule has 1 aliphatic heterocycles. The number of piperidine rings is 1. The van der Waals surface area contributed by atoms with Crippen LogP contribution in [0.1, 0.15) is 43.9 Å². The van der Waals surface area contributed by atoms with Crippen molar-refractivity contribution >= 4 is 15.9 Å². The highest BCUT2D eigenvalue weighted by atomic mass is 32.2. The highest BCUT2D eigenvalue weighted by molar-refractivity contribution is 7.89. The summed E-state index contributed by atoms with van der Waals surface area (Å²) in [6.07, 6.45) is 1.18. The van der Waals surface area contributed by atoms with Crippen molar-refractivity contribution in [3.8, 4) is 0 Å². The van der Waals surface area contributed by atoms with E-state index >= 15 is 0 Å². The van der Waals surface area contributed by atoms with Crippen LogP contribution in [0.5, 0.6) is 0 Å². The maximum Gasteiger partial charge on any atom is 0.223 e. The van der Waals surface area contributed by atoms with Gasteiger partial charge in [-0.25, -0.2) is 12.7 Å². The van der Waals surface area contributed by atoms with E-state index in [1.165, 1.54) is 9.87 Å². The van der Waals surface area contributed by atoms with Crippen molar-refractivity contribution in [2.75, 3.05) is 18.8 Å². The largest absolute Gasteiger partial charge is 0.349 e. The molecule has 1 heterocycles. The number of hydrogen-bond acceptors (Lipinski definition) is 3. The zero-order valence-corrected chi connectivity index (χ0v) is 14.9. The highest BCUT2D eigenvalue weighted by Crippen LogP contribution is 2.21. The third-order valence-electron chi connectivity index (χ3n) is 4.52. The molecular formula is C17H26N2O3S. The Morgan fingerprint density at radius 1 is 1.26 bits per heavy atom. The van der Waals surface area contributed by atoms with Gasteiger partial charge in [0, 0.05) is 19.0 Å². The van der Waals surface area contributed by atoms with Gasteiger partial charge in [0.1, 0.15) is 0 Å². The van der Waals surface area contributed by atoms with Crippen LogP contribution >= 0.6 is 0 Å². The number of nitrogens with zero attached hydrogens (tertiary/aromatic N) is 1. The van der Waals surface area contributed by atoms with E-state index in [0.29, 0.717) is 25.9 Å². The molecule has 0 bridgehead atoms. The van der Waals surface area contributed by atoms with E-state index in [0.717, 1.165) is 5.56 Å². The zero-order valence-electron chi connectivity index (χ0n) is 14.1. The fourth-order valence-electron chi connectivity index (χ4n) is 2.85. The summed E-state index contributed by atoms with van der Waals surface area (Å²) in [6.45, 7) is 6.53. The van der Waals surface area contributed by atoms with Gasteiger partial charge in [-0.3, -0.25) is 4.79 Å². The molecule has 1 atom stereocenters. The second-order valence-electron chi connectivity index (χ2n) is 6.21. The van der Waals surface area contributed by atoms with Crippen LogP contribution in [0.3, 0.4) is 0 Å². The van der Waals surface area contributed by atoms with Crippen LogP contribution in [0.4, 0.5) is 0 Å². The van der Waals surface area contributed by atoms with E-state index in [1.54, 1.807) is 6.92 Å². The van der Waals surface area contributed by atoms with E-state index in [2.05, 4.69) is 5.32 Å². The normalized spacial score (nSPS) is 18.6. The lowest BCUT2D eigenvalue weighted by Gasteiger charge is -2.31. The monoisotopic (exact) mass is 338 g/mol. The summed E-state index contributed by atoms with van der Waals surface area (Å²) in [5.74, 6) is 0.0340. The Labute approximate surface area is 139 Å². The molecule has 6 heteroatoms. The van der Waals surface area contributed by atoms with Gasteiger partial charge < -0.3 is 5.32 Å². The number of hydrogen-bond donors (Lipinski definition) is 1. The Kier molecular flexibility index (Phi) is 5.81. The molecule has 0 saturated carbocycles. The zero-order chi connectivity index (χ0) is 17.0. The van der Waals surface area contributed by atoms with E-state index in [-0.39, 0.29) is 23.6 Å². The van der Waals surface area contributed by atoms with Crippen LogP contribution in [0.25, 0.3) is 0 Å². The Hall–Kier alpha value is -1.40. The van der Waals surface area contributed by atoms with Crippen molar-refractivity contribution < 1.29 is 13.2 Å². The van der Waals surface area contributed by atoms with Crippen molar-refractivity contribution in [2.45, 2.75) is 39.7 Å². The lowest BCUT2D eigenvalue weighted by atomic mass is 9.96. The lowest BCUT2D eigenvalue weighted by Crippen LogP contribution is -2.43. The molecular weight excluding hydrogens is 312 g/mol. The predicted molar refractivity (Wildman–Crippen MR) is 91.5 cm³/mol. The molecule has 5 nitrogen and oxygen atoms in total. The van der Waals surface area contributed by atoms with Gasteiger partial charge in [0.05, 0.1) is 11.8 Å². The SMILES string of the molecule is CCS(=O)(=O)N1CCC(C(=O)N[C@@H](C)c2ccc(C)cc2)CC1. The van der Waals surface area contributed by atoms with Gasteiger partial charge in [0.15, 0.2) is 0 Å². The molecule has 0 aliphatic carbocycles. The van der Waals surface area contributed by atoms with Crippen LogP contribution < -0.4 is 5.32 Å². The Morgan fingerprint density at radius 3 is 2.35 bits per heavy atom. The fraction of sp³-hybridized carbons (Fsp3) is 0.588. The molecule has 0 spiro atoms. The molecule has 128 valence electrons. The van der Waals surface area contributed by atoms with E-state index in [1.807, 2.05) is 38.1 Å². The first-order valence-electron chi connectivity index (χ1n) is 8.18. The molecule has 1 saturated heterocycles. The first-order valence-corrected chi connectivity index (χ1v) is 9.79. The summed E-state index contributed by atoms with van der Waals surface area (Å²) in [5.41, 5.74) is 2.27. The molecule has 0 unspecified atom stereocenters. The van der Waals surface area contributed by atoms with Gasteiger partial charge in [-0.1, -0.05) is 29.8 Å². The molecule has 1 N–H and O–H groups in total. The van der Waals surface area contributed by atoms with Crippen molar-refractivity contribution in [1.82, 2.24) is 9.62 Å². The quantitative estimate of drug-likeness (QED) is 0.895. The first kappa shape index (κ1) is 17.9. The third kappa shape index (κ3) is 4.54. The molecule has 1 fully saturated rings. The molecule has 1 amide bonds. The highest BCUT2D eigenvalue weighted by Gasteiger charge is 2.30. The maximum absolute atomic E-state index is 12.4. The van der Waals surface area contributed by atoms with Crippen molar-refractivity contribution in [2.24, 2.45) is 5.92 Å². The van der Waals surface area contributed by atoms with Gasteiger partial charge in [0.2, 0.25) is 15.9 Å². The fourth-order valence-corrected chi connectivity index (χ4v) is 3.98. The molecule has 0 radical (unpaired) electrons. The topological polar surface area (TPSA) is 66.5 Å². The molecule has 2 rings (SSSR count). The molecule has 1 aromatic carbocycles. The second kappa shape index (κ2) is 7.45. The summed E-state index contributed by atoms with van der Waals surface area (Å²) >= 11 is 0. The van der Waals surface area contributed by atoms with Gasteiger partial charge >= 0.3 is 0 Å². The summed E-state index contributed by atoms with van der Waals surface area (Å²) in [7, 11) is -3.14. The minimum atomic E-state index is -3.14. The number of benzene rings is 1. The van der Waals surface area contributed by atoms with Crippen LogP contribution in [0, 0.1) is 12.8 Å². The summed E-state index contributed by atoms with van der Waals surface area (Å²) < 4.78 is 25.2. The second-order valence-corrected chi connectivity index (χ2v) is 8.47. The number of carbonyl (C=O) groups is 1. The Morgan fingerprint density at radius 2 is 1.83 bits per heavy atom. The van der Waals surface area contributed by atoms with Crippen molar-refractivity contribution in [3.63, 3.8) is 0 Å². The van der Waals surface area contributed by atoms with E-state index < -0.39 is 10.0 Å². The van der Waals surface area contributed by atoms with Crippen LogP contribution in [0.15, 0.2) is 24.3 Å². The number of amides is 1. The third-order valence-corrected chi connectivity index (χ3v) is 6.40. The standard InChI is InChI=1S/C17H26N2O3S/c1-4-23(21,22)19-11-9-16(10-12-19)17(20)18-14(3)15-7-5-13(2)6-8-15/h5-8,14,16H,4,9-12H2,1-3H3,(H,18,20)/t14-/m0/s1. The number of rotatable bonds is 5. The van der Waals surface area contributed by atoms with Crippen molar-refractivity contribution in [3.05, 3.63) is 35.4 Å². The smallest absolute Gasteiger partial charge is 0.223 e. The van der Waals surface area contributed by atoms with E-state index in [4.69, 9.17) is 0 Å². The number of nitrogens with one attached hydrogen (secondary N) is 1. The average Bonchev–Trinajstić information content (AvgIpc) is 2.55. The summed E-state index contributed by atoms with van der Waals surface area (Å²) in [4.78, 5) is 12.4. The minimum absolute atomic E-state index is 0.0200. The molecule has 1 aliphatic rings. The molecule has 0 aromatic heterocycles. The number of carbonyl (C=O) groups excluding carboxylic acids is 1. The van der Waals surface area contributed by atoms with Crippen LogP contribution in [0.2, 0.25) is 0 Å². The Balaban J connectivity index is 1.89. The maximum atomic E-state index is 12.4. The van der Waals surface area contributed by atoms with Crippen molar-refractivity contribution in [1.29, 1.82) is 0 Å². The minimum Gasteiger partial charge on any atom is -0.349 e. The summed E-state index contributed by atoms with van der Waals surface area (Å²) in [6, 6.07) is 8.08. The number of sulfonamides is 1. The van der Waals surface area contributed by atoms with Gasteiger partial charge in [-0.2, -0.15) is 0 Å². The van der Waals surface area contributed by atoms with Gasteiger partial charge in [-0.05, 0) is 39.2 Å².